The molecule has 0 saturated heterocycles. The largest absolute Gasteiger partial charge is 0.462 e. The second-order valence-electron chi connectivity index (χ2n) is 13.6. The maximum atomic E-state index is 12.2. The maximum Gasteiger partial charge on any atom is 0.306 e. The summed E-state index contributed by atoms with van der Waals surface area (Å²) in [5.41, 5.74) is 7.51. The summed E-state index contributed by atoms with van der Waals surface area (Å²) >= 11 is 0. The monoisotopic (exact) mass is 485 g/mol. The minimum absolute atomic E-state index is 0.0392. The van der Waals surface area contributed by atoms with Crippen LogP contribution in [0.1, 0.15) is 118 Å². The molecule has 4 nitrogen and oxygen atoms in total. The Balaban J connectivity index is 1.40. The van der Waals surface area contributed by atoms with Crippen molar-refractivity contribution in [1.82, 2.24) is 0 Å². The third kappa shape index (κ3) is 5.37. The van der Waals surface area contributed by atoms with Gasteiger partial charge in [-0.2, -0.15) is 0 Å². The van der Waals surface area contributed by atoms with E-state index in [1.807, 2.05) is 0 Å². The van der Waals surface area contributed by atoms with Crippen molar-refractivity contribution in [2.45, 2.75) is 124 Å². The van der Waals surface area contributed by atoms with E-state index in [2.05, 4.69) is 40.7 Å². The number of nitrogens with two attached hydrogens (primary N) is 1. The molecule has 0 heterocycles. The highest BCUT2D eigenvalue weighted by Crippen LogP contribution is 2.67. The van der Waals surface area contributed by atoms with Crippen LogP contribution in [-0.4, -0.2) is 18.0 Å². The Morgan fingerprint density at radius 3 is 2.51 bits per heavy atom. The number of fused-ring (bicyclic) bond motifs is 5. The summed E-state index contributed by atoms with van der Waals surface area (Å²) in [4.78, 5) is 23.2. The molecule has 0 bridgehead atoms. The van der Waals surface area contributed by atoms with E-state index in [1.54, 1.807) is 0 Å². The number of esters is 1. The minimum atomic E-state index is -0.442. The van der Waals surface area contributed by atoms with Crippen molar-refractivity contribution in [2.24, 2.45) is 52.1 Å². The molecular weight excluding hydrogens is 434 g/mol. The van der Waals surface area contributed by atoms with Gasteiger partial charge in [-0.05, 0) is 91.3 Å². The Bertz CT molecular complexity index is 818. The molecule has 0 aromatic rings. The molecule has 4 aliphatic carbocycles. The van der Waals surface area contributed by atoms with Crippen LogP contribution in [0, 0.1) is 46.3 Å². The van der Waals surface area contributed by atoms with Crippen molar-refractivity contribution in [3.05, 3.63) is 11.6 Å². The van der Waals surface area contributed by atoms with Crippen molar-refractivity contribution >= 4 is 11.9 Å². The van der Waals surface area contributed by atoms with Gasteiger partial charge in [0.2, 0.25) is 5.91 Å². The first-order valence-electron chi connectivity index (χ1n) is 14.7. The Kier molecular flexibility index (Phi) is 8.08. The van der Waals surface area contributed by atoms with E-state index in [1.165, 1.54) is 56.9 Å². The van der Waals surface area contributed by atoms with E-state index in [0.717, 1.165) is 54.8 Å². The smallest absolute Gasteiger partial charge is 0.306 e. The molecule has 8 atom stereocenters. The number of primary amides is 1. The van der Waals surface area contributed by atoms with Crippen LogP contribution in [0.25, 0.3) is 0 Å². The lowest BCUT2D eigenvalue weighted by Crippen LogP contribution is -2.51. The fourth-order valence-electron chi connectivity index (χ4n) is 9.22. The second kappa shape index (κ2) is 10.6. The third-order valence-electron chi connectivity index (χ3n) is 11.1. The predicted molar refractivity (Wildman–Crippen MR) is 141 cm³/mol. The first-order chi connectivity index (χ1) is 16.5. The third-order valence-corrected chi connectivity index (χ3v) is 11.1. The maximum absolute atomic E-state index is 12.2. The molecule has 35 heavy (non-hydrogen) atoms. The summed E-state index contributed by atoms with van der Waals surface area (Å²) in [6.07, 6.45) is 16.6. The van der Waals surface area contributed by atoms with E-state index < -0.39 is 5.91 Å². The molecule has 4 heteroatoms. The molecule has 7 unspecified atom stereocenters. The lowest BCUT2D eigenvalue weighted by Gasteiger charge is -2.58. The summed E-state index contributed by atoms with van der Waals surface area (Å²) in [6.45, 7) is 12.4. The fraction of sp³-hybridized carbons (Fsp3) is 0.871. The minimum Gasteiger partial charge on any atom is -0.462 e. The number of carbonyl (C=O) groups is 2. The lowest BCUT2D eigenvalue weighted by molar-refractivity contribution is -0.152. The average molecular weight is 486 g/mol. The molecule has 0 aliphatic heterocycles. The summed E-state index contributed by atoms with van der Waals surface area (Å²) in [5, 5.41) is 0. The highest BCUT2D eigenvalue weighted by Gasteiger charge is 2.59. The van der Waals surface area contributed by atoms with Crippen LogP contribution in [-0.2, 0) is 14.3 Å². The van der Waals surface area contributed by atoms with Gasteiger partial charge in [0.1, 0.15) is 6.10 Å². The van der Waals surface area contributed by atoms with Gasteiger partial charge in [0.25, 0.3) is 0 Å². The molecule has 0 aromatic carbocycles. The highest BCUT2D eigenvalue weighted by atomic mass is 16.5. The van der Waals surface area contributed by atoms with Crippen LogP contribution in [0.15, 0.2) is 11.6 Å². The topological polar surface area (TPSA) is 69.4 Å². The van der Waals surface area contributed by atoms with Gasteiger partial charge in [-0.25, -0.2) is 0 Å². The fourth-order valence-corrected chi connectivity index (χ4v) is 9.22. The first-order valence-corrected chi connectivity index (χ1v) is 14.7. The molecule has 3 fully saturated rings. The summed E-state index contributed by atoms with van der Waals surface area (Å²) in [5.74, 6) is 4.33. The molecule has 4 rings (SSSR count). The molecule has 3 saturated carbocycles. The zero-order valence-electron chi connectivity index (χ0n) is 23.1. The SMILES string of the molecule is CC(C)CCC[C@@H](C)C1CCC2C3CC=C4CC(OC(=O)CCC(N)=O)CCC4(C)C3CCC21C. The quantitative estimate of drug-likeness (QED) is 0.277. The summed E-state index contributed by atoms with van der Waals surface area (Å²) in [6, 6.07) is 0. The van der Waals surface area contributed by atoms with Crippen molar-refractivity contribution in [1.29, 1.82) is 0 Å². The molecular formula is C31H51NO3. The Morgan fingerprint density at radius 1 is 1.03 bits per heavy atom. The highest BCUT2D eigenvalue weighted by molar-refractivity contribution is 5.80. The van der Waals surface area contributed by atoms with Gasteiger partial charge in [-0.15, -0.1) is 0 Å². The van der Waals surface area contributed by atoms with Gasteiger partial charge in [0, 0.05) is 12.8 Å². The first kappa shape index (κ1) is 26.7. The van der Waals surface area contributed by atoms with Gasteiger partial charge in [-0.3, -0.25) is 9.59 Å². The number of hydrogen-bond donors (Lipinski definition) is 1. The number of allylic oxidation sites excluding steroid dienone is 1. The standard InChI is InChI=1S/C31H51NO3/c1-20(2)7-6-8-21(3)25-11-12-26-24-10-9-22-19-23(35-29(34)14-13-28(32)33)15-17-30(22,4)27(24)16-18-31(25,26)5/h9,20-21,23-27H,6-8,10-19H2,1-5H3,(H2,32,33)/t21-,23?,24?,25?,26?,27?,30?,31?/m1/s1. The summed E-state index contributed by atoms with van der Waals surface area (Å²) in [7, 11) is 0. The van der Waals surface area contributed by atoms with Gasteiger partial charge in [0.05, 0.1) is 6.42 Å². The van der Waals surface area contributed by atoms with Crippen LogP contribution < -0.4 is 5.73 Å². The van der Waals surface area contributed by atoms with Crippen LogP contribution in [0.3, 0.4) is 0 Å². The van der Waals surface area contributed by atoms with Crippen molar-refractivity contribution in [3.63, 3.8) is 0 Å². The second-order valence-corrected chi connectivity index (χ2v) is 13.6. The van der Waals surface area contributed by atoms with Crippen LogP contribution in [0.4, 0.5) is 0 Å². The van der Waals surface area contributed by atoms with Gasteiger partial charge in [0.15, 0.2) is 0 Å². The lowest BCUT2D eigenvalue weighted by atomic mass is 9.47. The number of hydrogen-bond acceptors (Lipinski definition) is 3. The van der Waals surface area contributed by atoms with Crippen molar-refractivity contribution in [3.8, 4) is 0 Å². The van der Waals surface area contributed by atoms with E-state index in [0.29, 0.717) is 5.41 Å². The number of carbonyl (C=O) groups excluding carboxylic acids is 2. The van der Waals surface area contributed by atoms with E-state index in [9.17, 15) is 9.59 Å². The zero-order chi connectivity index (χ0) is 25.4. The zero-order valence-corrected chi connectivity index (χ0v) is 23.1. The molecule has 0 spiro atoms. The van der Waals surface area contributed by atoms with Crippen LogP contribution in [0.2, 0.25) is 0 Å². The summed E-state index contributed by atoms with van der Waals surface area (Å²) < 4.78 is 5.76. The molecule has 2 N–H and O–H groups in total. The van der Waals surface area contributed by atoms with Gasteiger partial charge >= 0.3 is 5.97 Å². The van der Waals surface area contributed by atoms with E-state index in [4.69, 9.17) is 10.5 Å². The van der Waals surface area contributed by atoms with Gasteiger partial charge < -0.3 is 10.5 Å². The normalized spacial score (nSPS) is 39.3. The van der Waals surface area contributed by atoms with Crippen molar-refractivity contribution in [2.75, 3.05) is 0 Å². The Morgan fingerprint density at radius 2 is 1.80 bits per heavy atom. The molecule has 0 radical (unpaired) electrons. The van der Waals surface area contributed by atoms with Gasteiger partial charge in [-0.1, -0.05) is 65.5 Å². The Hall–Kier alpha value is -1.32. The number of ether oxygens (including phenoxy) is 1. The predicted octanol–water partition coefficient (Wildman–Crippen LogP) is 7.21. The van der Waals surface area contributed by atoms with E-state index >= 15 is 0 Å². The van der Waals surface area contributed by atoms with Crippen molar-refractivity contribution < 1.29 is 14.3 Å². The molecule has 4 aliphatic rings. The van der Waals surface area contributed by atoms with Crippen LogP contribution >= 0.6 is 0 Å². The molecule has 0 aromatic heterocycles. The average Bonchev–Trinajstić information content (AvgIpc) is 3.15. The van der Waals surface area contributed by atoms with E-state index in [-0.39, 0.29) is 30.3 Å². The van der Waals surface area contributed by atoms with Crippen LogP contribution in [0.5, 0.6) is 0 Å². The molecule has 198 valence electrons. The molecule has 1 amide bonds. The Labute approximate surface area is 214 Å². The number of rotatable bonds is 9. The number of amides is 1.